The largest absolute Gasteiger partial charge is 0.198 e. The van der Waals surface area contributed by atoms with Crippen molar-refractivity contribution in [3.05, 3.63) is 0 Å². The number of hydrogen-bond acceptors (Lipinski definition) is 1. The maximum Gasteiger partial charge on any atom is 0.0655 e. The molecule has 0 aromatic carbocycles. The normalized spacial score (nSPS) is 35.8. The Kier molecular flexibility index (Phi) is 6.21. The average Bonchev–Trinajstić information content (AvgIpc) is 2.48. The van der Waals surface area contributed by atoms with Crippen LogP contribution in [0.3, 0.4) is 0 Å². The van der Waals surface area contributed by atoms with E-state index in [9.17, 15) is 0 Å². The zero-order chi connectivity index (χ0) is 13.5. The minimum atomic E-state index is 0.376. The molecule has 0 aromatic heterocycles. The van der Waals surface area contributed by atoms with Crippen molar-refractivity contribution in [1.82, 2.24) is 0 Å². The standard InChI is InChI=1S/C18H31N/c1-2-3-4-6-15-9-11-17(12-10-15)18-8-5-7-16(13-18)14-19/h15-18H,2-13H2,1H3/t15-,16?,17-,18?. The van der Waals surface area contributed by atoms with Crippen molar-refractivity contribution < 1.29 is 0 Å². The third kappa shape index (κ3) is 4.51. The second-order valence-corrected chi connectivity index (χ2v) is 7.03. The van der Waals surface area contributed by atoms with E-state index in [1.165, 1.54) is 77.0 Å². The van der Waals surface area contributed by atoms with Gasteiger partial charge >= 0.3 is 0 Å². The van der Waals surface area contributed by atoms with E-state index in [0.29, 0.717) is 5.92 Å². The molecule has 2 aliphatic carbocycles. The van der Waals surface area contributed by atoms with Crippen LogP contribution < -0.4 is 0 Å². The minimum absolute atomic E-state index is 0.376. The van der Waals surface area contributed by atoms with Gasteiger partial charge in [0, 0.05) is 5.92 Å². The fourth-order valence-electron chi connectivity index (χ4n) is 4.40. The van der Waals surface area contributed by atoms with Gasteiger partial charge in [-0.3, -0.25) is 0 Å². The summed E-state index contributed by atoms with van der Waals surface area (Å²) in [7, 11) is 0. The van der Waals surface area contributed by atoms with Crippen molar-refractivity contribution in [3.8, 4) is 6.07 Å². The van der Waals surface area contributed by atoms with Gasteiger partial charge in [0.1, 0.15) is 0 Å². The third-order valence-electron chi connectivity index (χ3n) is 5.67. The summed E-state index contributed by atoms with van der Waals surface area (Å²) in [5.41, 5.74) is 0. The van der Waals surface area contributed by atoms with Gasteiger partial charge in [0.2, 0.25) is 0 Å². The van der Waals surface area contributed by atoms with Crippen LogP contribution in [0, 0.1) is 35.0 Å². The first kappa shape index (κ1) is 14.9. The lowest BCUT2D eigenvalue weighted by Gasteiger charge is -2.37. The summed E-state index contributed by atoms with van der Waals surface area (Å²) in [6.07, 6.45) is 16.7. The lowest BCUT2D eigenvalue weighted by Crippen LogP contribution is -2.26. The fraction of sp³-hybridized carbons (Fsp3) is 0.944. The molecule has 2 rings (SSSR count). The molecule has 2 aliphatic rings. The van der Waals surface area contributed by atoms with Crippen LogP contribution in [0.2, 0.25) is 0 Å². The van der Waals surface area contributed by atoms with E-state index < -0.39 is 0 Å². The molecule has 0 radical (unpaired) electrons. The molecule has 1 heteroatoms. The second kappa shape index (κ2) is 7.93. The smallest absolute Gasteiger partial charge is 0.0655 e. The van der Waals surface area contributed by atoms with Crippen molar-refractivity contribution in [2.45, 2.75) is 84.0 Å². The summed E-state index contributed by atoms with van der Waals surface area (Å²) in [6.45, 7) is 2.30. The maximum absolute atomic E-state index is 9.12. The summed E-state index contributed by atoms with van der Waals surface area (Å²) in [5, 5.41) is 9.12. The van der Waals surface area contributed by atoms with E-state index in [0.717, 1.165) is 17.8 Å². The number of nitriles is 1. The van der Waals surface area contributed by atoms with E-state index >= 15 is 0 Å². The van der Waals surface area contributed by atoms with Crippen LogP contribution in [-0.4, -0.2) is 0 Å². The molecule has 108 valence electrons. The van der Waals surface area contributed by atoms with Crippen molar-refractivity contribution in [2.24, 2.45) is 23.7 Å². The van der Waals surface area contributed by atoms with Crippen LogP contribution >= 0.6 is 0 Å². The summed E-state index contributed by atoms with van der Waals surface area (Å²) in [6, 6.07) is 2.52. The first-order chi connectivity index (χ1) is 9.33. The number of unbranched alkanes of at least 4 members (excludes halogenated alkanes) is 2. The lowest BCUT2D eigenvalue weighted by atomic mass is 9.68. The van der Waals surface area contributed by atoms with E-state index in [2.05, 4.69) is 13.0 Å². The van der Waals surface area contributed by atoms with Crippen molar-refractivity contribution in [2.75, 3.05) is 0 Å². The molecule has 0 aromatic rings. The van der Waals surface area contributed by atoms with E-state index in [4.69, 9.17) is 5.26 Å². The molecule has 2 unspecified atom stereocenters. The lowest BCUT2D eigenvalue weighted by molar-refractivity contribution is 0.149. The molecular formula is C18H31N. The highest BCUT2D eigenvalue weighted by Gasteiger charge is 2.31. The molecule has 0 spiro atoms. The highest BCUT2D eigenvalue weighted by atomic mass is 14.4. The molecule has 2 atom stereocenters. The Balaban J connectivity index is 1.69. The molecule has 2 fully saturated rings. The summed E-state index contributed by atoms with van der Waals surface area (Å²) in [4.78, 5) is 0. The van der Waals surface area contributed by atoms with E-state index in [1.807, 2.05) is 0 Å². The number of hydrogen-bond donors (Lipinski definition) is 0. The Bertz CT molecular complexity index is 283. The van der Waals surface area contributed by atoms with Crippen LogP contribution in [-0.2, 0) is 0 Å². The predicted octanol–water partition coefficient (Wildman–Crippen LogP) is 5.70. The predicted molar refractivity (Wildman–Crippen MR) is 80.7 cm³/mol. The molecule has 0 amide bonds. The van der Waals surface area contributed by atoms with Crippen molar-refractivity contribution in [3.63, 3.8) is 0 Å². The SMILES string of the molecule is CCCCC[C@H]1CC[C@H](C2CCCC(C#N)C2)CC1. The molecule has 1 nitrogen and oxygen atoms in total. The molecule has 0 heterocycles. The first-order valence-electron chi connectivity index (χ1n) is 8.73. The zero-order valence-corrected chi connectivity index (χ0v) is 12.7. The maximum atomic E-state index is 9.12. The van der Waals surface area contributed by atoms with Crippen molar-refractivity contribution in [1.29, 1.82) is 5.26 Å². The highest BCUT2D eigenvalue weighted by Crippen LogP contribution is 2.42. The van der Waals surface area contributed by atoms with Gasteiger partial charge < -0.3 is 0 Å². The van der Waals surface area contributed by atoms with Gasteiger partial charge in [-0.1, -0.05) is 58.3 Å². The van der Waals surface area contributed by atoms with Crippen LogP contribution in [0.15, 0.2) is 0 Å². The second-order valence-electron chi connectivity index (χ2n) is 7.03. The number of rotatable bonds is 5. The zero-order valence-electron chi connectivity index (χ0n) is 12.7. The first-order valence-corrected chi connectivity index (χ1v) is 8.73. The highest BCUT2D eigenvalue weighted by molar-refractivity contribution is 4.90. The number of nitrogens with zero attached hydrogens (tertiary/aromatic N) is 1. The Morgan fingerprint density at radius 3 is 2.42 bits per heavy atom. The quantitative estimate of drug-likeness (QED) is 0.582. The minimum Gasteiger partial charge on any atom is -0.198 e. The molecule has 0 bridgehead atoms. The van der Waals surface area contributed by atoms with Crippen LogP contribution in [0.5, 0.6) is 0 Å². The molecule has 0 N–H and O–H groups in total. The van der Waals surface area contributed by atoms with Gasteiger partial charge in [-0.2, -0.15) is 5.26 Å². The van der Waals surface area contributed by atoms with Gasteiger partial charge in [0.25, 0.3) is 0 Å². The van der Waals surface area contributed by atoms with Gasteiger partial charge in [-0.25, -0.2) is 0 Å². The molecule has 2 saturated carbocycles. The van der Waals surface area contributed by atoms with Gasteiger partial charge in [0.15, 0.2) is 0 Å². The molecular weight excluding hydrogens is 230 g/mol. The molecule has 19 heavy (non-hydrogen) atoms. The Morgan fingerprint density at radius 2 is 1.74 bits per heavy atom. The van der Waals surface area contributed by atoms with E-state index in [1.54, 1.807) is 0 Å². The van der Waals surface area contributed by atoms with Gasteiger partial charge in [-0.15, -0.1) is 0 Å². The van der Waals surface area contributed by atoms with Crippen molar-refractivity contribution >= 4 is 0 Å². The van der Waals surface area contributed by atoms with E-state index in [-0.39, 0.29) is 0 Å². The Morgan fingerprint density at radius 1 is 0.947 bits per heavy atom. The summed E-state index contributed by atoms with van der Waals surface area (Å²) >= 11 is 0. The Hall–Kier alpha value is -0.510. The van der Waals surface area contributed by atoms with Crippen LogP contribution in [0.25, 0.3) is 0 Å². The fourth-order valence-corrected chi connectivity index (χ4v) is 4.40. The summed E-state index contributed by atoms with van der Waals surface area (Å²) in [5.74, 6) is 3.24. The van der Waals surface area contributed by atoms with Gasteiger partial charge in [-0.05, 0) is 43.4 Å². The average molecular weight is 261 g/mol. The van der Waals surface area contributed by atoms with Gasteiger partial charge in [0.05, 0.1) is 6.07 Å². The molecule has 0 saturated heterocycles. The monoisotopic (exact) mass is 261 g/mol. The third-order valence-corrected chi connectivity index (χ3v) is 5.67. The topological polar surface area (TPSA) is 23.8 Å². The Labute approximate surface area is 119 Å². The van der Waals surface area contributed by atoms with Crippen LogP contribution in [0.4, 0.5) is 0 Å². The van der Waals surface area contributed by atoms with Crippen LogP contribution in [0.1, 0.15) is 84.0 Å². The summed E-state index contributed by atoms with van der Waals surface area (Å²) < 4.78 is 0. The molecule has 0 aliphatic heterocycles.